The lowest BCUT2D eigenvalue weighted by molar-refractivity contribution is -0.130. The molecule has 3 heterocycles. The number of thioether (sulfide) groups is 1. The van der Waals surface area contributed by atoms with Crippen molar-refractivity contribution in [3.8, 4) is 0 Å². The highest BCUT2D eigenvalue weighted by Crippen LogP contribution is 2.19. The maximum Gasteiger partial charge on any atom is 0.282 e. The van der Waals surface area contributed by atoms with Crippen molar-refractivity contribution in [3.05, 3.63) is 0 Å². The third kappa shape index (κ3) is 4.03. The molecule has 6 nitrogen and oxygen atoms in total. The molecule has 0 bridgehead atoms. The summed E-state index contributed by atoms with van der Waals surface area (Å²) in [7, 11) is 0. The summed E-state index contributed by atoms with van der Waals surface area (Å²) in [5.74, 6) is 0.925. The average Bonchev–Trinajstić information content (AvgIpc) is 3.10. The summed E-state index contributed by atoms with van der Waals surface area (Å²) in [6, 6.07) is 0.504. The SMILES string of the molecule is Cl.O=C(CN1CCSC1=O)N1CCC(N2CCNCC2)C1. The molecule has 1 N–H and O–H groups in total. The Hall–Kier alpha value is -0.500. The van der Waals surface area contributed by atoms with Crippen molar-refractivity contribution in [2.24, 2.45) is 0 Å². The molecule has 0 aromatic carbocycles. The number of hydrogen-bond donors (Lipinski definition) is 1. The highest BCUT2D eigenvalue weighted by Gasteiger charge is 2.32. The first kappa shape index (κ1) is 16.9. The highest BCUT2D eigenvalue weighted by molar-refractivity contribution is 8.13. The maximum absolute atomic E-state index is 12.3. The molecule has 0 aromatic heterocycles. The van der Waals surface area contributed by atoms with Crippen LogP contribution in [0.3, 0.4) is 0 Å². The molecule has 3 aliphatic heterocycles. The van der Waals surface area contributed by atoms with Crippen LogP contribution in [-0.4, -0.2) is 90.0 Å². The van der Waals surface area contributed by atoms with Crippen molar-refractivity contribution in [1.82, 2.24) is 20.0 Å². The molecule has 21 heavy (non-hydrogen) atoms. The zero-order valence-corrected chi connectivity index (χ0v) is 13.8. The molecule has 3 fully saturated rings. The molecule has 3 aliphatic rings. The van der Waals surface area contributed by atoms with E-state index < -0.39 is 0 Å². The summed E-state index contributed by atoms with van der Waals surface area (Å²) in [5.41, 5.74) is 0. The second-order valence-corrected chi connectivity index (χ2v) is 6.65. The molecule has 1 atom stereocenters. The molecule has 0 saturated carbocycles. The van der Waals surface area contributed by atoms with E-state index in [4.69, 9.17) is 0 Å². The third-order valence-electron chi connectivity index (χ3n) is 4.36. The fourth-order valence-corrected chi connectivity index (χ4v) is 3.97. The van der Waals surface area contributed by atoms with Crippen LogP contribution < -0.4 is 5.32 Å². The number of halogens is 1. The quantitative estimate of drug-likeness (QED) is 0.792. The second kappa shape index (κ2) is 7.67. The Morgan fingerprint density at radius 2 is 2.00 bits per heavy atom. The number of carbonyl (C=O) groups is 2. The van der Waals surface area contributed by atoms with E-state index in [0.717, 1.165) is 51.4 Å². The van der Waals surface area contributed by atoms with Gasteiger partial charge >= 0.3 is 0 Å². The van der Waals surface area contributed by atoms with Crippen LogP contribution in [0.25, 0.3) is 0 Å². The lowest BCUT2D eigenvalue weighted by atomic mass is 10.2. The number of amides is 2. The van der Waals surface area contributed by atoms with Gasteiger partial charge in [-0.1, -0.05) is 11.8 Å². The van der Waals surface area contributed by atoms with Crippen LogP contribution >= 0.6 is 24.2 Å². The minimum absolute atomic E-state index is 0. The molecule has 0 radical (unpaired) electrons. The van der Waals surface area contributed by atoms with Crippen LogP contribution in [0.5, 0.6) is 0 Å². The Labute approximate surface area is 136 Å². The normalized spacial score (nSPS) is 27.0. The Kier molecular flexibility index (Phi) is 6.16. The zero-order chi connectivity index (χ0) is 13.9. The minimum Gasteiger partial charge on any atom is -0.340 e. The second-order valence-electron chi connectivity index (χ2n) is 5.60. The fourth-order valence-electron chi connectivity index (χ4n) is 3.15. The fraction of sp³-hybridized carbons (Fsp3) is 0.846. The van der Waals surface area contributed by atoms with Crippen LogP contribution in [0.4, 0.5) is 4.79 Å². The van der Waals surface area contributed by atoms with Crippen molar-refractivity contribution < 1.29 is 9.59 Å². The number of nitrogens with one attached hydrogen (secondary N) is 1. The predicted octanol–water partition coefficient (Wildman–Crippen LogP) is 0.0831. The van der Waals surface area contributed by atoms with Gasteiger partial charge in [0.05, 0.1) is 0 Å². The van der Waals surface area contributed by atoms with Gasteiger partial charge in [-0.05, 0) is 6.42 Å². The van der Waals surface area contributed by atoms with Crippen LogP contribution in [0, 0.1) is 0 Å². The van der Waals surface area contributed by atoms with Crippen molar-refractivity contribution in [2.75, 3.05) is 58.1 Å². The van der Waals surface area contributed by atoms with Crippen LogP contribution in [0.2, 0.25) is 0 Å². The third-order valence-corrected chi connectivity index (χ3v) is 5.25. The molecule has 8 heteroatoms. The van der Waals surface area contributed by atoms with E-state index in [1.807, 2.05) is 4.90 Å². The topological polar surface area (TPSA) is 55.9 Å². The Bertz CT molecular complexity index is 392. The van der Waals surface area contributed by atoms with Gasteiger partial charge in [0.1, 0.15) is 6.54 Å². The van der Waals surface area contributed by atoms with Crippen molar-refractivity contribution in [3.63, 3.8) is 0 Å². The summed E-state index contributed by atoms with van der Waals surface area (Å²) in [6.45, 7) is 6.89. The van der Waals surface area contributed by atoms with Gasteiger partial charge in [-0.2, -0.15) is 0 Å². The van der Waals surface area contributed by atoms with E-state index in [2.05, 4.69) is 10.2 Å². The van der Waals surface area contributed by atoms with E-state index >= 15 is 0 Å². The standard InChI is InChI=1S/C13H22N4O2S.ClH/c18-12(10-17-7-8-20-13(17)19)16-4-1-11(9-16)15-5-2-14-3-6-15;/h11,14H,1-10H2;1H. The number of carbonyl (C=O) groups excluding carboxylic acids is 2. The van der Waals surface area contributed by atoms with E-state index in [0.29, 0.717) is 12.6 Å². The molecular formula is C13H23ClN4O2S. The number of nitrogens with zero attached hydrogens (tertiary/aromatic N) is 3. The first-order valence-electron chi connectivity index (χ1n) is 7.38. The summed E-state index contributed by atoms with van der Waals surface area (Å²) in [6.07, 6.45) is 1.06. The van der Waals surface area contributed by atoms with E-state index in [9.17, 15) is 9.59 Å². The van der Waals surface area contributed by atoms with E-state index in [1.165, 1.54) is 11.8 Å². The molecule has 2 amide bonds. The van der Waals surface area contributed by atoms with Gasteiger partial charge in [-0.25, -0.2) is 0 Å². The van der Waals surface area contributed by atoms with Gasteiger partial charge in [-0.15, -0.1) is 12.4 Å². The van der Waals surface area contributed by atoms with Crippen LogP contribution in [0.1, 0.15) is 6.42 Å². The van der Waals surface area contributed by atoms with Gasteiger partial charge in [0.2, 0.25) is 5.91 Å². The molecule has 0 spiro atoms. The van der Waals surface area contributed by atoms with Crippen molar-refractivity contribution in [2.45, 2.75) is 12.5 Å². The van der Waals surface area contributed by atoms with Crippen molar-refractivity contribution in [1.29, 1.82) is 0 Å². The first-order valence-corrected chi connectivity index (χ1v) is 8.37. The molecule has 3 rings (SSSR count). The van der Waals surface area contributed by atoms with Crippen LogP contribution in [0.15, 0.2) is 0 Å². The van der Waals surface area contributed by atoms with E-state index in [-0.39, 0.29) is 30.1 Å². The Morgan fingerprint density at radius 3 is 2.67 bits per heavy atom. The Morgan fingerprint density at radius 1 is 1.24 bits per heavy atom. The maximum atomic E-state index is 12.3. The summed E-state index contributed by atoms with van der Waals surface area (Å²) < 4.78 is 0. The molecule has 120 valence electrons. The summed E-state index contributed by atoms with van der Waals surface area (Å²) in [4.78, 5) is 29.9. The van der Waals surface area contributed by atoms with Gasteiger partial charge < -0.3 is 15.1 Å². The Balaban J connectivity index is 0.00000161. The smallest absolute Gasteiger partial charge is 0.282 e. The number of rotatable bonds is 3. The van der Waals surface area contributed by atoms with Gasteiger partial charge in [0.25, 0.3) is 5.24 Å². The van der Waals surface area contributed by atoms with E-state index in [1.54, 1.807) is 4.90 Å². The van der Waals surface area contributed by atoms with Gasteiger partial charge in [-0.3, -0.25) is 14.5 Å². The lowest BCUT2D eigenvalue weighted by Crippen LogP contribution is -2.49. The molecule has 0 aromatic rings. The molecule has 3 saturated heterocycles. The summed E-state index contributed by atoms with van der Waals surface area (Å²) >= 11 is 1.31. The van der Waals surface area contributed by atoms with Crippen LogP contribution in [-0.2, 0) is 4.79 Å². The van der Waals surface area contributed by atoms with Gasteiger partial charge in [0.15, 0.2) is 0 Å². The number of likely N-dealkylation sites (tertiary alicyclic amines) is 1. The first-order chi connectivity index (χ1) is 9.74. The minimum atomic E-state index is 0. The largest absolute Gasteiger partial charge is 0.340 e. The van der Waals surface area contributed by atoms with Gasteiger partial charge in [0, 0.05) is 57.6 Å². The number of piperazine rings is 1. The molecular weight excluding hydrogens is 312 g/mol. The lowest BCUT2D eigenvalue weighted by Gasteiger charge is -2.32. The molecule has 0 aliphatic carbocycles. The monoisotopic (exact) mass is 334 g/mol. The zero-order valence-electron chi connectivity index (χ0n) is 12.1. The predicted molar refractivity (Wildman–Crippen MR) is 86.1 cm³/mol. The number of hydrogen-bond acceptors (Lipinski definition) is 5. The van der Waals surface area contributed by atoms with Crippen molar-refractivity contribution >= 4 is 35.3 Å². The highest BCUT2D eigenvalue weighted by atomic mass is 35.5. The summed E-state index contributed by atoms with van der Waals surface area (Å²) in [5, 5.41) is 3.41. The molecule has 1 unspecified atom stereocenters. The average molecular weight is 335 g/mol.